The molecule has 0 aliphatic heterocycles. The minimum Gasteiger partial charge on any atom is -0.507 e. The summed E-state index contributed by atoms with van der Waals surface area (Å²) >= 11 is 0. The Morgan fingerprint density at radius 2 is 1.08 bits per heavy atom. The molecule has 0 saturated carbocycles. The van der Waals surface area contributed by atoms with E-state index in [-0.39, 0.29) is 43.1 Å². The van der Waals surface area contributed by atoms with E-state index in [0.717, 1.165) is 83.6 Å². The van der Waals surface area contributed by atoms with Crippen LogP contribution in [-0.4, -0.2) is 19.6 Å². The van der Waals surface area contributed by atoms with Gasteiger partial charge in [-0.1, -0.05) is 189 Å². The minimum atomic E-state index is -0.341. The summed E-state index contributed by atoms with van der Waals surface area (Å²) in [4.78, 5) is 10.6. The summed E-state index contributed by atoms with van der Waals surface area (Å²) in [5.74, 6) is 0.916. The second-order valence-corrected chi connectivity index (χ2v) is 20.5. The van der Waals surface area contributed by atoms with E-state index in [2.05, 4.69) is 232 Å². The number of pyridine rings is 1. The van der Waals surface area contributed by atoms with Gasteiger partial charge in [0.25, 0.3) is 0 Å². The molecule has 0 saturated heterocycles. The Morgan fingerprint density at radius 3 is 1.68 bits per heavy atom. The Balaban J connectivity index is 0.00000592. The third-order valence-corrected chi connectivity index (χ3v) is 12.6. The maximum Gasteiger partial charge on any atom is 0.148 e. The average Bonchev–Trinajstić information content (AvgIpc) is 3.68. The second kappa shape index (κ2) is 17.8. The molecule has 9 rings (SSSR count). The van der Waals surface area contributed by atoms with E-state index in [1.165, 1.54) is 11.1 Å². The molecule has 0 radical (unpaired) electrons. The number of aromatic hydroxyl groups is 1. The fraction of sp³-hybridized carbons (Fsp3) is 0.213. The van der Waals surface area contributed by atoms with Crippen molar-refractivity contribution in [3.8, 4) is 78.6 Å². The second-order valence-electron chi connectivity index (χ2n) is 20.5. The average molecular weight is 1040 g/mol. The van der Waals surface area contributed by atoms with Crippen molar-refractivity contribution in [2.45, 2.75) is 85.5 Å². The molecular weight excluding hydrogens is 986 g/mol. The van der Waals surface area contributed by atoms with E-state index in [4.69, 9.17) is 9.97 Å². The van der Waals surface area contributed by atoms with Crippen LogP contribution in [0.25, 0.3) is 83.9 Å². The maximum atomic E-state index is 12.6. The van der Waals surface area contributed by atoms with E-state index in [1.54, 1.807) is 0 Å². The van der Waals surface area contributed by atoms with Crippen LogP contribution in [0.1, 0.15) is 84.6 Å². The summed E-state index contributed by atoms with van der Waals surface area (Å²) in [5, 5.41) is 12.6. The normalized spacial score (nSPS) is 12.0. The van der Waals surface area contributed by atoms with Crippen molar-refractivity contribution in [2.75, 3.05) is 0 Å². The molecule has 334 valence electrons. The minimum absolute atomic E-state index is 0. The van der Waals surface area contributed by atoms with Crippen molar-refractivity contribution in [3.05, 3.63) is 192 Å². The van der Waals surface area contributed by atoms with E-state index in [1.807, 2.05) is 12.3 Å². The smallest absolute Gasteiger partial charge is 0.148 e. The predicted octanol–water partition coefficient (Wildman–Crippen LogP) is 16.1. The Morgan fingerprint density at radius 1 is 0.500 bits per heavy atom. The summed E-state index contributed by atoms with van der Waals surface area (Å²) in [5.41, 5.74) is 17.4. The van der Waals surface area contributed by atoms with Gasteiger partial charge in [0.1, 0.15) is 11.6 Å². The Hall–Kier alpha value is -6.35. The Kier molecular flexibility index (Phi) is 12.5. The number of phenols is 1. The number of para-hydroxylation sites is 1. The van der Waals surface area contributed by atoms with Gasteiger partial charge in [-0.15, -0.1) is 29.3 Å². The predicted molar refractivity (Wildman–Crippen MR) is 273 cm³/mol. The van der Waals surface area contributed by atoms with Gasteiger partial charge < -0.3 is 5.11 Å². The zero-order valence-electron chi connectivity index (χ0n) is 39.7. The molecule has 0 bridgehead atoms. The van der Waals surface area contributed by atoms with Crippen LogP contribution in [0.3, 0.4) is 0 Å². The number of rotatable bonds is 7. The summed E-state index contributed by atoms with van der Waals surface area (Å²) in [6.45, 7) is 22.1. The van der Waals surface area contributed by atoms with Gasteiger partial charge in [-0.25, -0.2) is 4.98 Å². The number of imidazole rings is 1. The van der Waals surface area contributed by atoms with E-state index in [0.29, 0.717) is 11.4 Å². The maximum absolute atomic E-state index is 12.6. The van der Waals surface area contributed by atoms with E-state index < -0.39 is 0 Å². The molecule has 0 fully saturated rings. The van der Waals surface area contributed by atoms with Crippen LogP contribution in [0.15, 0.2) is 164 Å². The summed E-state index contributed by atoms with van der Waals surface area (Å²) in [6, 6.07) is 59.7. The molecule has 2 aromatic heterocycles. The molecule has 0 aliphatic rings. The molecule has 5 heteroatoms. The number of hydrogen-bond acceptors (Lipinski definition) is 3. The molecule has 1 N–H and O–H groups in total. The molecule has 66 heavy (non-hydrogen) atoms. The van der Waals surface area contributed by atoms with Gasteiger partial charge in [-0.3, -0.25) is 9.55 Å². The van der Waals surface area contributed by atoms with Crippen molar-refractivity contribution < 1.29 is 26.2 Å². The van der Waals surface area contributed by atoms with E-state index in [9.17, 15) is 5.11 Å². The fourth-order valence-corrected chi connectivity index (χ4v) is 8.88. The Labute approximate surface area is 405 Å². The molecule has 7 aromatic carbocycles. The van der Waals surface area contributed by atoms with Crippen LogP contribution in [0.5, 0.6) is 5.75 Å². The van der Waals surface area contributed by atoms with Crippen LogP contribution >= 0.6 is 0 Å². The first kappa shape index (κ1) is 46.2. The monoisotopic (exact) mass is 1040 g/mol. The van der Waals surface area contributed by atoms with Crippen molar-refractivity contribution in [1.29, 1.82) is 0 Å². The number of nitrogens with zero attached hydrogens (tertiary/aromatic N) is 3. The number of fused-ring (bicyclic) bond motifs is 1. The Bertz CT molecular complexity index is 3200. The third kappa shape index (κ3) is 8.97. The molecule has 0 unspecified atom stereocenters. The van der Waals surface area contributed by atoms with Gasteiger partial charge in [0.05, 0.1) is 22.3 Å². The number of aromatic nitrogens is 3. The molecule has 0 aliphatic carbocycles. The largest absolute Gasteiger partial charge is 0.507 e. The van der Waals surface area contributed by atoms with Gasteiger partial charge >= 0.3 is 0 Å². The van der Waals surface area contributed by atoms with Gasteiger partial charge in [0.2, 0.25) is 0 Å². The first-order valence-corrected chi connectivity index (χ1v) is 22.7. The first-order valence-electron chi connectivity index (χ1n) is 22.7. The van der Waals surface area contributed by atoms with Crippen molar-refractivity contribution in [2.24, 2.45) is 0 Å². The topological polar surface area (TPSA) is 50.9 Å². The number of hydrogen-bond donors (Lipinski definition) is 1. The summed E-state index contributed by atoms with van der Waals surface area (Å²) in [6.07, 6.45) is 1.89. The number of phenolic OH excluding ortho intramolecular Hbond substituents is 1. The standard InChI is InChI=1S/C61H58N3O.Pt/c1-39-31-50(42-25-18-13-19-26-42)55(38-49(39)41-23-16-12-17-24-41)64-54-28-20-27-48(56(54)63-58(64)51-36-47(60(5,6)7)37-52(57(51)65)61(8,9)10)44-32-45(34-46(33-44)59(2,3)4)53-35-43(29-30-62-53)40-21-14-11-15-22-40;/h11-31,33-38,65H,1-10H3;/q-1;. The molecule has 0 amide bonds. The van der Waals surface area contributed by atoms with Gasteiger partial charge in [0.15, 0.2) is 0 Å². The van der Waals surface area contributed by atoms with Crippen molar-refractivity contribution >= 4 is 11.0 Å². The summed E-state index contributed by atoms with van der Waals surface area (Å²) in [7, 11) is 0. The zero-order chi connectivity index (χ0) is 45.8. The van der Waals surface area contributed by atoms with Gasteiger partial charge in [0, 0.05) is 44.1 Å². The molecular formula is C61H58N3OPt-. The third-order valence-electron chi connectivity index (χ3n) is 12.6. The van der Waals surface area contributed by atoms with Gasteiger partial charge in [-0.05, 0) is 92.4 Å². The molecule has 2 heterocycles. The number of aryl methyl sites for hydroxylation is 1. The van der Waals surface area contributed by atoms with Crippen LogP contribution in [-0.2, 0) is 37.3 Å². The van der Waals surface area contributed by atoms with Crippen LogP contribution in [0, 0.1) is 13.0 Å². The summed E-state index contributed by atoms with van der Waals surface area (Å²) < 4.78 is 2.29. The van der Waals surface area contributed by atoms with Gasteiger partial charge in [-0.2, -0.15) is 0 Å². The van der Waals surface area contributed by atoms with Crippen LogP contribution < -0.4 is 0 Å². The molecule has 0 spiro atoms. The van der Waals surface area contributed by atoms with Crippen LogP contribution in [0.4, 0.5) is 0 Å². The first-order chi connectivity index (χ1) is 31.0. The van der Waals surface area contributed by atoms with Crippen molar-refractivity contribution in [3.63, 3.8) is 0 Å². The van der Waals surface area contributed by atoms with Crippen molar-refractivity contribution in [1.82, 2.24) is 14.5 Å². The number of benzene rings is 7. The zero-order valence-corrected chi connectivity index (χ0v) is 42.0. The molecule has 0 atom stereocenters. The quantitative estimate of drug-likeness (QED) is 0.162. The fourth-order valence-electron chi connectivity index (χ4n) is 8.88. The van der Waals surface area contributed by atoms with E-state index >= 15 is 0 Å². The van der Waals surface area contributed by atoms with Crippen LogP contribution in [0.2, 0.25) is 0 Å². The molecule has 9 aromatic rings. The SMILES string of the molecule is Cc1cc(-c2ccccc2)c(-n2c(-c3cc(C(C)(C)C)cc(C(C)(C)C)c3O)nc3c(-c4[c-]c(-c5cc(-c6ccccc6)ccn5)cc(C(C)(C)C)c4)cccc32)cc1-c1ccccc1.[Pt]. The molecule has 4 nitrogen and oxygen atoms in total.